The fourth-order valence-corrected chi connectivity index (χ4v) is 3.11. The van der Waals surface area contributed by atoms with Gasteiger partial charge in [0.25, 0.3) is 5.56 Å². The maximum atomic E-state index is 12.8. The van der Waals surface area contributed by atoms with E-state index in [0.717, 1.165) is 11.8 Å². The van der Waals surface area contributed by atoms with Gasteiger partial charge in [-0.25, -0.2) is 9.78 Å². The molecule has 2 N–H and O–H groups in total. The highest BCUT2D eigenvalue weighted by molar-refractivity contribution is 7.99. The predicted octanol–water partition coefficient (Wildman–Crippen LogP) is 1.59. The van der Waals surface area contributed by atoms with E-state index in [1.165, 1.54) is 17.9 Å². The number of amides is 3. The smallest absolute Gasteiger partial charge is 0.321 e. The molecule has 0 saturated heterocycles. The SMILES string of the molecule is CNC(=O)NC(=O)CSc1nc2ccccc2c(=O)n1Cc1ccco1. The van der Waals surface area contributed by atoms with Gasteiger partial charge in [0.1, 0.15) is 5.76 Å². The molecule has 0 atom stereocenters. The summed E-state index contributed by atoms with van der Waals surface area (Å²) < 4.78 is 6.78. The second-order valence-corrected chi connectivity index (χ2v) is 6.24. The molecular formula is C17H16N4O4S. The summed E-state index contributed by atoms with van der Waals surface area (Å²) in [5.41, 5.74) is 0.323. The summed E-state index contributed by atoms with van der Waals surface area (Å²) in [6, 6.07) is 9.91. The zero-order valence-corrected chi connectivity index (χ0v) is 14.7. The molecule has 26 heavy (non-hydrogen) atoms. The van der Waals surface area contributed by atoms with Gasteiger partial charge in [-0.15, -0.1) is 0 Å². The predicted molar refractivity (Wildman–Crippen MR) is 97.1 cm³/mol. The van der Waals surface area contributed by atoms with Crippen LogP contribution in [0.1, 0.15) is 5.76 Å². The lowest BCUT2D eigenvalue weighted by molar-refractivity contribution is -0.117. The fourth-order valence-electron chi connectivity index (χ4n) is 2.31. The number of imide groups is 1. The topological polar surface area (TPSA) is 106 Å². The molecule has 2 heterocycles. The van der Waals surface area contributed by atoms with Crippen molar-refractivity contribution in [2.75, 3.05) is 12.8 Å². The van der Waals surface area contributed by atoms with Crippen molar-refractivity contribution in [3.8, 4) is 0 Å². The third-order valence-electron chi connectivity index (χ3n) is 3.53. The van der Waals surface area contributed by atoms with Crippen LogP contribution < -0.4 is 16.2 Å². The Kier molecular flexibility index (Phi) is 5.37. The molecule has 3 amide bonds. The van der Waals surface area contributed by atoms with Crippen molar-refractivity contribution in [2.45, 2.75) is 11.7 Å². The number of fused-ring (bicyclic) bond motifs is 1. The van der Waals surface area contributed by atoms with E-state index in [1.807, 2.05) is 0 Å². The number of hydrogen-bond acceptors (Lipinski definition) is 6. The zero-order valence-electron chi connectivity index (χ0n) is 13.9. The Morgan fingerprint density at radius 3 is 2.77 bits per heavy atom. The monoisotopic (exact) mass is 372 g/mol. The van der Waals surface area contributed by atoms with Crippen LogP contribution >= 0.6 is 11.8 Å². The van der Waals surface area contributed by atoms with E-state index in [4.69, 9.17) is 4.42 Å². The minimum atomic E-state index is -0.588. The molecular weight excluding hydrogens is 356 g/mol. The minimum absolute atomic E-state index is 0.0592. The number of benzene rings is 1. The second-order valence-electron chi connectivity index (χ2n) is 5.30. The van der Waals surface area contributed by atoms with Crippen LogP contribution in [0.15, 0.2) is 57.0 Å². The number of carbonyl (C=O) groups is 2. The summed E-state index contributed by atoms with van der Waals surface area (Å²) >= 11 is 1.08. The van der Waals surface area contributed by atoms with Gasteiger partial charge in [-0.2, -0.15) is 0 Å². The van der Waals surface area contributed by atoms with Crippen molar-refractivity contribution in [1.82, 2.24) is 20.2 Å². The van der Waals surface area contributed by atoms with E-state index < -0.39 is 11.9 Å². The number of para-hydroxylation sites is 1. The first kappa shape index (κ1) is 17.7. The van der Waals surface area contributed by atoms with Crippen LogP contribution in [0.25, 0.3) is 10.9 Å². The van der Waals surface area contributed by atoms with Crippen LogP contribution in [0.5, 0.6) is 0 Å². The lowest BCUT2D eigenvalue weighted by atomic mass is 10.2. The van der Waals surface area contributed by atoms with E-state index in [-0.39, 0.29) is 17.9 Å². The van der Waals surface area contributed by atoms with Gasteiger partial charge >= 0.3 is 6.03 Å². The molecule has 0 aliphatic heterocycles. The van der Waals surface area contributed by atoms with Crippen LogP contribution in [0.2, 0.25) is 0 Å². The van der Waals surface area contributed by atoms with E-state index in [9.17, 15) is 14.4 Å². The summed E-state index contributed by atoms with van der Waals surface area (Å²) in [6.45, 7) is 0.197. The van der Waals surface area contributed by atoms with Gasteiger partial charge in [0.2, 0.25) is 5.91 Å². The highest BCUT2D eigenvalue weighted by Crippen LogP contribution is 2.19. The van der Waals surface area contributed by atoms with Crippen LogP contribution in [0.4, 0.5) is 4.79 Å². The molecule has 0 bridgehead atoms. The molecule has 0 spiro atoms. The molecule has 0 aliphatic carbocycles. The van der Waals surface area contributed by atoms with Gasteiger partial charge in [0, 0.05) is 7.05 Å². The van der Waals surface area contributed by atoms with Crippen molar-refractivity contribution in [3.63, 3.8) is 0 Å². The molecule has 9 heteroatoms. The zero-order chi connectivity index (χ0) is 18.5. The van der Waals surface area contributed by atoms with E-state index in [1.54, 1.807) is 36.4 Å². The Morgan fingerprint density at radius 2 is 2.04 bits per heavy atom. The molecule has 0 radical (unpaired) electrons. The van der Waals surface area contributed by atoms with Gasteiger partial charge in [0.05, 0.1) is 29.5 Å². The molecule has 0 unspecified atom stereocenters. The Morgan fingerprint density at radius 1 is 1.23 bits per heavy atom. The summed E-state index contributed by atoms with van der Waals surface area (Å²) in [7, 11) is 1.42. The van der Waals surface area contributed by atoms with Gasteiger partial charge in [-0.3, -0.25) is 19.5 Å². The van der Waals surface area contributed by atoms with Gasteiger partial charge in [-0.1, -0.05) is 23.9 Å². The standard InChI is InChI=1S/C17H16N4O4S/c1-18-16(24)20-14(22)10-26-17-19-13-7-3-2-6-12(13)15(23)21(17)9-11-5-4-8-25-11/h2-8H,9-10H2,1H3,(H2,18,20,22,24). The molecule has 0 saturated carbocycles. The van der Waals surface area contributed by atoms with Crippen molar-refractivity contribution in [2.24, 2.45) is 0 Å². The van der Waals surface area contributed by atoms with Crippen molar-refractivity contribution in [3.05, 3.63) is 58.8 Å². The van der Waals surface area contributed by atoms with Gasteiger partial charge in [0.15, 0.2) is 5.16 Å². The fraction of sp³-hybridized carbons (Fsp3) is 0.176. The van der Waals surface area contributed by atoms with Crippen molar-refractivity contribution >= 4 is 34.6 Å². The summed E-state index contributed by atoms with van der Waals surface area (Å²) in [5, 5.41) is 5.34. The molecule has 2 aromatic heterocycles. The summed E-state index contributed by atoms with van der Waals surface area (Å²) in [6.07, 6.45) is 1.53. The normalized spacial score (nSPS) is 10.7. The maximum Gasteiger partial charge on any atom is 0.321 e. The minimum Gasteiger partial charge on any atom is -0.467 e. The summed E-state index contributed by atoms with van der Waals surface area (Å²) in [5.74, 6) is 0.0539. The largest absolute Gasteiger partial charge is 0.467 e. The Labute approximate surface area is 152 Å². The van der Waals surface area contributed by atoms with Gasteiger partial charge in [-0.05, 0) is 24.3 Å². The van der Waals surface area contributed by atoms with Crippen molar-refractivity contribution in [1.29, 1.82) is 0 Å². The number of carbonyl (C=O) groups excluding carboxylic acids is 2. The highest BCUT2D eigenvalue weighted by atomic mass is 32.2. The Hall–Kier alpha value is -3.07. The van der Waals surface area contributed by atoms with Crippen LogP contribution in [-0.2, 0) is 11.3 Å². The van der Waals surface area contributed by atoms with Crippen molar-refractivity contribution < 1.29 is 14.0 Å². The summed E-state index contributed by atoms with van der Waals surface area (Å²) in [4.78, 5) is 40.4. The highest BCUT2D eigenvalue weighted by Gasteiger charge is 2.15. The number of urea groups is 1. The number of hydrogen-bond donors (Lipinski definition) is 2. The third kappa shape index (κ3) is 3.94. The van der Waals surface area contributed by atoms with Crippen LogP contribution in [-0.4, -0.2) is 34.3 Å². The Bertz CT molecular complexity index is 998. The molecule has 1 aromatic carbocycles. The second kappa shape index (κ2) is 7.87. The first-order valence-corrected chi connectivity index (χ1v) is 8.73. The lowest BCUT2D eigenvalue weighted by Crippen LogP contribution is -2.38. The van der Waals surface area contributed by atoms with E-state index >= 15 is 0 Å². The average molecular weight is 372 g/mol. The van der Waals surface area contributed by atoms with E-state index in [0.29, 0.717) is 21.8 Å². The first-order valence-electron chi connectivity index (χ1n) is 7.75. The quantitative estimate of drug-likeness (QED) is 0.520. The first-order chi connectivity index (χ1) is 12.6. The number of rotatable bonds is 5. The third-order valence-corrected chi connectivity index (χ3v) is 4.51. The molecule has 3 rings (SSSR count). The molecule has 3 aromatic rings. The number of nitrogens with one attached hydrogen (secondary N) is 2. The number of furan rings is 1. The van der Waals surface area contributed by atoms with Gasteiger partial charge < -0.3 is 9.73 Å². The Balaban J connectivity index is 1.92. The van der Waals surface area contributed by atoms with Crippen LogP contribution in [0, 0.1) is 0 Å². The van der Waals surface area contributed by atoms with E-state index in [2.05, 4.69) is 15.6 Å². The van der Waals surface area contributed by atoms with Crippen LogP contribution in [0.3, 0.4) is 0 Å². The maximum absolute atomic E-state index is 12.8. The molecule has 0 aliphatic rings. The lowest BCUT2D eigenvalue weighted by Gasteiger charge is -2.12. The number of aromatic nitrogens is 2. The number of nitrogens with zero attached hydrogens (tertiary/aromatic N) is 2. The molecule has 8 nitrogen and oxygen atoms in total. The average Bonchev–Trinajstić information content (AvgIpc) is 3.15. The molecule has 0 fully saturated rings. The molecule has 134 valence electrons. The number of thioether (sulfide) groups is 1.